The SMILES string of the molecule is O=C(Nc1ccccc1SCc1ccsc1)c1cc(F)c(F)cc1Cl. The summed E-state index contributed by atoms with van der Waals surface area (Å²) in [6, 6.07) is 10.9. The van der Waals surface area contributed by atoms with Gasteiger partial charge in [0.25, 0.3) is 5.91 Å². The van der Waals surface area contributed by atoms with Crippen molar-refractivity contribution in [3.8, 4) is 0 Å². The van der Waals surface area contributed by atoms with Crippen molar-refractivity contribution in [2.45, 2.75) is 10.6 Å². The van der Waals surface area contributed by atoms with Crippen molar-refractivity contribution in [2.75, 3.05) is 5.32 Å². The molecule has 1 amide bonds. The molecule has 3 aromatic rings. The Hall–Kier alpha value is -1.89. The lowest BCUT2D eigenvalue weighted by atomic mass is 10.2. The zero-order chi connectivity index (χ0) is 17.8. The lowest BCUT2D eigenvalue weighted by molar-refractivity contribution is 0.102. The number of carbonyl (C=O) groups excluding carboxylic acids is 1. The van der Waals surface area contributed by atoms with Crippen LogP contribution < -0.4 is 5.32 Å². The number of benzene rings is 2. The fraction of sp³-hybridized carbons (Fsp3) is 0.0556. The predicted octanol–water partition coefficient (Wildman–Crippen LogP) is 6.22. The highest BCUT2D eigenvalue weighted by atomic mass is 35.5. The molecule has 25 heavy (non-hydrogen) atoms. The third kappa shape index (κ3) is 4.39. The summed E-state index contributed by atoms with van der Waals surface area (Å²) in [6.45, 7) is 0. The Morgan fingerprint density at radius 1 is 1.16 bits per heavy atom. The second-order valence-corrected chi connectivity index (χ2v) is 7.32. The van der Waals surface area contributed by atoms with Gasteiger partial charge in [0.2, 0.25) is 0 Å². The van der Waals surface area contributed by atoms with Crippen molar-refractivity contribution in [2.24, 2.45) is 0 Å². The Morgan fingerprint density at radius 3 is 2.68 bits per heavy atom. The smallest absolute Gasteiger partial charge is 0.257 e. The van der Waals surface area contributed by atoms with E-state index in [1.165, 1.54) is 5.56 Å². The topological polar surface area (TPSA) is 29.1 Å². The number of thioether (sulfide) groups is 1. The van der Waals surface area contributed by atoms with Crippen LogP contribution in [0.1, 0.15) is 15.9 Å². The molecule has 2 nitrogen and oxygen atoms in total. The van der Waals surface area contributed by atoms with E-state index < -0.39 is 17.5 Å². The highest BCUT2D eigenvalue weighted by Gasteiger charge is 2.16. The molecule has 7 heteroatoms. The second-order valence-electron chi connectivity index (χ2n) is 5.12. The highest BCUT2D eigenvalue weighted by molar-refractivity contribution is 7.98. The van der Waals surface area contributed by atoms with E-state index >= 15 is 0 Å². The number of amides is 1. The first-order valence-electron chi connectivity index (χ1n) is 7.23. The van der Waals surface area contributed by atoms with Crippen molar-refractivity contribution in [3.63, 3.8) is 0 Å². The van der Waals surface area contributed by atoms with E-state index in [9.17, 15) is 13.6 Å². The number of hydrogen-bond acceptors (Lipinski definition) is 3. The van der Waals surface area contributed by atoms with Crippen molar-refractivity contribution in [1.29, 1.82) is 0 Å². The van der Waals surface area contributed by atoms with Crippen molar-refractivity contribution < 1.29 is 13.6 Å². The molecule has 0 aliphatic carbocycles. The quantitative estimate of drug-likeness (QED) is 0.410. The number of rotatable bonds is 5. The van der Waals surface area contributed by atoms with Crippen molar-refractivity contribution in [1.82, 2.24) is 0 Å². The van der Waals surface area contributed by atoms with Gasteiger partial charge in [-0.2, -0.15) is 11.3 Å². The molecular weight excluding hydrogens is 384 g/mol. The van der Waals surface area contributed by atoms with Crippen LogP contribution >= 0.6 is 34.7 Å². The second kappa shape index (κ2) is 7.99. The van der Waals surface area contributed by atoms with Crippen LogP contribution in [0.15, 0.2) is 58.1 Å². The molecule has 1 aromatic heterocycles. The number of anilines is 1. The third-order valence-electron chi connectivity index (χ3n) is 3.36. The molecule has 0 saturated carbocycles. The Bertz CT molecular complexity index is 900. The van der Waals surface area contributed by atoms with Crippen LogP contribution in [0.3, 0.4) is 0 Å². The number of thiophene rings is 1. The lowest BCUT2D eigenvalue weighted by Crippen LogP contribution is -2.14. The molecule has 0 unspecified atom stereocenters. The molecule has 128 valence electrons. The van der Waals surface area contributed by atoms with Gasteiger partial charge in [-0.1, -0.05) is 23.7 Å². The average Bonchev–Trinajstić information content (AvgIpc) is 3.11. The van der Waals surface area contributed by atoms with Crippen LogP contribution in [-0.2, 0) is 5.75 Å². The molecule has 0 bridgehead atoms. The van der Waals surface area contributed by atoms with Gasteiger partial charge < -0.3 is 5.32 Å². The van der Waals surface area contributed by atoms with Crippen LogP contribution in [0.5, 0.6) is 0 Å². The summed E-state index contributed by atoms with van der Waals surface area (Å²) in [7, 11) is 0. The van der Waals surface area contributed by atoms with Crippen LogP contribution in [0.4, 0.5) is 14.5 Å². The zero-order valence-corrected chi connectivity index (χ0v) is 15.2. The summed E-state index contributed by atoms with van der Waals surface area (Å²) < 4.78 is 26.6. The van der Waals surface area contributed by atoms with Gasteiger partial charge in [0.1, 0.15) is 0 Å². The number of halogens is 3. The number of carbonyl (C=O) groups is 1. The predicted molar refractivity (Wildman–Crippen MR) is 99.6 cm³/mol. The van der Waals surface area contributed by atoms with E-state index in [2.05, 4.69) is 10.7 Å². The molecule has 1 heterocycles. The van der Waals surface area contributed by atoms with E-state index in [0.717, 1.165) is 22.8 Å². The monoisotopic (exact) mass is 395 g/mol. The van der Waals surface area contributed by atoms with Gasteiger partial charge in [-0.25, -0.2) is 8.78 Å². The first kappa shape index (κ1) is 17.9. The Kier molecular flexibility index (Phi) is 5.73. The van der Waals surface area contributed by atoms with E-state index in [0.29, 0.717) is 5.69 Å². The molecule has 0 saturated heterocycles. The van der Waals surface area contributed by atoms with Crippen LogP contribution in [0.25, 0.3) is 0 Å². The molecule has 0 fully saturated rings. The van der Waals surface area contributed by atoms with Gasteiger partial charge in [0, 0.05) is 10.6 Å². The van der Waals surface area contributed by atoms with Gasteiger partial charge >= 0.3 is 0 Å². The molecule has 0 radical (unpaired) electrons. The Labute approximate surface area is 156 Å². The summed E-state index contributed by atoms with van der Waals surface area (Å²) in [5, 5.41) is 6.65. The van der Waals surface area contributed by atoms with Crippen LogP contribution in [-0.4, -0.2) is 5.91 Å². The van der Waals surface area contributed by atoms with E-state index in [1.807, 2.05) is 23.6 Å². The lowest BCUT2D eigenvalue weighted by Gasteiger charge is -2.11. The van der Waals surface area contributed by atoms with Crippen LogP contribution in [0, 0.1) is 11.6 Å². The van der Waals surface area contributed by atoms with E-state index in [4.69, 9.17) is 11.6 Å². The fourth-order valence-corrected chi connectivity index (χ4v) is 4.08. The normalized spacial score (nSPS) is 10.7. The summed E-state index contributed by atoms with van der Waals surface area (Å²) >= 11 is 9.06. The summed E-state index contributed by atoms with van der Waals surface area (Å²) in [4.78, 5) is 13.3. The summed E-state index contributed by atoms with van der Waals surface area (Å²) in [5.41, 5.74) is 1.67. The minimum Gasteiger partial charge on any atom is -0.321 e. The molecule has 0 atom stereocenters. The third-order valence-corrected chi connectivity index (χ3v) is 5.55. The maximum atomic E-state index is 13.4. The molecular formula is C18H12ClF2NOS2. The van der Waals surface area contributed by atoms with Gasteiger partial charge in [-0.15, -0.1) is 11.8 Å². The summed E-state index contributed by atoms with van der Waals surface area (Å²) in [6.07, 6.45) is 0. The number of nitrogens with one attached hydrogen (secondary N) is 1. The zero-order valence-electron chi connectivity index (χ0n) is 12.8. The summed E-state index contributed by atoms with van der Waals surface area (Å²) in [5.74, 6) is -2.03. The largest absolute Gasteiger partial charge is 0.321 e. The molecule has 1 N–H and O–H groups in total. The first-order chi connectivity index (χ1) is 12.0. The van der Waals surface area contributed by atoms with Gasteiger partial charge in [-0.3, -0.25) is 4.79 Å². The molecule has 0 spiro atoms. The average molecular weight is 396 g/mol. The maximum Gasteiger partial charge on any atom is 0.257 e. The van der Waals surface area contributed by atoms with Gasteiger partial charge in [0.15, 0.2) is 11.6 Å². The Morgan fingerprint density at radius 2 is 1.92 bits per heavy atom. The Balaban J connectivity index is 1.78. The first-order valence-corrected chi connectivity index (χ1v) is 9.54. The highest BCUT2D eigenvalue weighted by Crippen LogP contribution is 2.31. The maximum absolute atomic E-state index is 13.4. The number of hydrogen-bond donors (Lipinski definition) is 1. The number of para-hydroxylation sites is 1. The van der Waals surface area contributed by atoms with E-state index in [-0.39, 0.29) is 10.6 Å². The minimum atomic E-state index is -1.12. The minimum absolute atomic E-state index is 0.113. The van der Waals surface area contributed by atoms with Crippen LogP contribution in [0.2, 0.25) is 5.02 Å². The van der Waals surface area contributed by atoms with Crippen molar-refractivity contribution >= 4 is 46.3 Å². The molecule has 0 aliphatic rings. The van der Waals surface area contributed by atoms with Gasteiger partial charge in [0.05, 0.1) is 16.3 Å². The fourth-order valence-electron chi connectivity index (χ4n) is 2.12. The standard InChI is InChI=1S/C18H12ClF2NOS2/c19-13-8-15(21)14(20)7-12(13)18(23)22-16-3-1-2-4-17(16)25-10-11-5-6-24-9-11/h1-9H,10H2,(H,22,23). The van der Waals surface area contributed by atoms with E-state index in [1.54, 1.807) is 35.2 Å². The van der Waals surface area contributed by atoms with Crippen molar-refractivity contribution in [3.05, 3.63) is 81.0 Å². The molecule has 0 aliphatic heterocycles. The molecule has 3 rings (SSSR count). The van der Waals surface area contributed by atoms with Gasteiger partial charge in [-0.05, 0) is 46.7 Å². The molecule has 2 aromatic carbocycles.